The summed E-state index contributed by atoms with van der Waals surface area (Å²) >= 11 is 0. The third-order valence-electron chi connectivity index (χ3n) is 8.55. The van der Waals surface area contributed by atoms with Gasteiger partial charge in [-0.05, 0) is 91.4 Å². The van der Waals surface area contributed by atoms with Crippen molar-refractivity contribution in [3.05, 3.63) is 52.6 Å². The number of nitrogens with zero attached hydrogens (tertiary/aromatic N) is 1. The molecule has 0 amide bonds. The fourth-order valence-corrected chi connectivity index (χ4v) is 6.88. The van der Waals surface area contributed by atoms with Gasteiger partial charge in [-0.15, -0.1) is 0 Å². The summed E-state index contributed by atoms with van der Waals surface area (Å²) in [5.41, 5.74) is 6.46. The van der Waals surface area contributed by atoms with E-state index >= 15 is 0 Å². The molecule has 1 saturated carbocycles. The molecule has 4 nitrogen and oxygen atoms in total. The van der Waals surface area contributed by atoms with Crippen LogP contribution < -0.4 is 4.90 Å². The number of fused-ring (bicyclic) bond motifs is 3. The van der Waals surface area contributed by atoms with E-state index in [-0.39, 0.29) is 23.1 Å². The standard InChI is InChI=1S/C26H31NO3/c1-25-13-12-22-21-10-6-17-14-19(28)9-11-20(17)23(21)24(29-15-26(22,25)30-25)16-4-7-18(8-5-16)27(2)3/h4-5,7-8,14,21-22,24H,6,9-13,15H2,1-3H3/t21?,22?,24-,25+,26-/m1/s1. The molecule has 2 heterocycles. The van der Waals surface area contributed by atoms with Gasteiger partial charge in [0.2, 0.25) is 0 Å². The number of benzene rings is 1. The number of rotatable bonds is 2. The Labute approximate surface area is 178 Å². The van der Waals surface area contributed by atoms with Crippen LogP contribution in [-0.4, -0.2) is 37.7 Å². The van der Waals surface area contributed by atoms with Gasteiger partial charge in [0.25, 0.3) is 0 Å². The summed E-state index contributed by atoms with van der Waals surface area (Å²) < 4.78 is 13.2. The summed E-state index contributed by atoms with van der Waals surface area (Å²) in [6.07, 6.45) is 7.88. The average Bonchev–Trinajstić information content (AvgIpc) is 3.28. The molecule has 0 aromatic heterocycles. The van der Waals surface area contributed by atoms with E-state index in [1.807, 2.05) is 6.08 Å². The second-order valence-electron chi connectivity index (χ2n) is 10.3. The van der Waals surface area contributed by atoms with Crippen LogP contribution in [0.5, 0.6) is 0 Å². The van der Waals surface area contributed by atoms with E-state index in [1.165, 1.54) is 34.4 Å². The molecule has 158 valence electrons. The minimum Gasteiger partial charge on any atom is -0.378 e. The summed E-state index contributed by atoms with van der Waals surface area (Å²) in [4.78, 5) is 14.3. The van der Waals surface area contributed by atoms with Gasteiger partial charge in [-0.3, -0.25) is 4.79 Å². The zero-order valence-electron chi connectivity index (χ0n) is 18.2. The van der Waals surface area contributed by atoms with Crippen LogP contribution in [0.1, 0.15) is 57.1 Å². The summed E-state index contributed by atoms with van der Waals surface area (Å²) in [6, 6.07) is 8.82. The molecule has 0 N–H and O–H groups in total. The Kier molecular flexibility index (Phi) is 3.96. The topological polar surface area (TPSA) is 42.1 Å². The van der Waals surface area contributed by atoms with Gasteiger partial charge < -0.3 is 14.4 Å². The zero-order valence-corrected chi connectivity index (χ0v) is 18.2. The summed E-state index contributed by atoms with van der Waals surface area (Å²) in [5.74, 6) is 1.32. The van der Waals surface area contributed by atoms with Crippen molar-refractivity contribution < 1.29 is 14.3 Å². The highest BCUT2D eigenvalue weighted by Crippen LogP contribution is 2.68. The lowest BCUT2D eigenvalue weighted by molar-refractivity contribution is -0.114. The molecule has 1 spiro atoms. The smallest absolute Gasteiger partial charge is 0.156 e. The van der Waals surface area contributed by atoms with Crippen molar-refractivity contribution in [2.24, 2.45) is 11.8 Å². The second kappa shape index (κ2) is 6.30. The predicted octanol–water partition coefficient (Wildman–Crippen LogP) is 4.76. The van der Waals surface area contributed by atoms with Crippen LogP contribution in [0.15, 0.2) is 47.1 Å². The SMILES string of the molecule is CN(C)c1ccc([C@H]2OC[C@]34O[C@@]3(C)CCC4C3CCC4=CC(=O)CCC4=C32)cc1. The van der Waals surface area contributed by atoms with E-state index < -0.39 is 0 Å². The van der Waals surface area contributed by atoms with Crippen LogP contribution in [-0.2, 0) is 14.3 Å². The normalized spacial score (nSPS) is 39.4. The van der Waals surface area contributed by atoms with Gasteiger partial charge in [0, 0.05) is 26.2 Å². The van der Waals surface area contributed by atoms with Gasteiger partial charge in [0.05, 0.1) is 12.2 Å². The molecule has 4 heteroatoms. The average molecular weight is 406 g/mol. The molecule has 2 unspecified atom stereocenters. The third-order valence-corrected chi connectivity index (χ3v) is 8.55. The van der Waals surface area contributed by atoms with E-state index in [2.05, 4.69) is 50.2 Å². The highest BCUT2D eigenvalue weighted by molar-refractivity contribution is 5.93. The van der Waals surface area contributed by atoms with E-state index in [0.717, 1.165) is 25.7 Å². The van der Waals surface area contributed by atoms with Crippen molar-refractivity contribution in [2.45, 2.75) is 62.8 Å². The van der Waals surface area contributed by atoms with Crippen LogP contribution >= 0.6 is 0 Å². The predicted molar refractivity (Wildman–Crippen MR) is 116 cm³/mol. The Morgan fingerprint density at radius 3 is 2.60 bits per heavy atom. The van der Waals surface area contributed by atoms with E-state index in [9.17, 15) is 4.79 Å². The van der Waals surface area contributed by atoms with E-state index in [1.54, 1.807) is 0 Å². The number of allylic oxidation sites excluding steroid dienone is 3. The highest BCUT2D eigenvalue weighted by Gasteiger charge is 2.76. The maximum absolute atomic E-state index is 12.1. The lowest BCUT2D eigenvalue weighted by Gasteiger charge is -2.38. The first kappa shape index (κ1) is 18.8. The molecule has 5 atom stereocenters. The summed E-state index contributed by atoms with van der Waals surface area (Å²) in [6.45, 7) is 2.96. The molecule has 3 aliphatic carbocycles. The molecule has 2 saturated heterocycles. The molecular weight excluding hydrogens is 374 g/mol. The number of carbonyl (C=O) groups excluding carboxylic acids is 1. The third kappa shape index (κ3) is 2.50. The summed E-state index contributed by atoms with van der Waals surface area (Å²) in [7, 11) is 4.14. The van der Waals surface area contributed by atoms with Crippen molar-refractivity contribution >= 4 is 11.5 Å². The molecular formula is C26H31NO3. The Morgan fingerprint density at radius 1 is 1.07 bits per heavy atom. The molecule has 0 radical (unpaired) electrons. The molecule has 2 aliphatic heterocycles. The van der Waals surface area contributed by atoms with Gasteiger partial charge >= 0.3 is 0 Å². The van der Waals surface area contributed by atoms with Crippen molar-refractivity contribution in [3.63, 3.8) is 0 Å². The van der Waals surface area contributed by atoms with Gasteiger partial charge in [0.1, 0.15) is 11.7 Å². The van der Waals surface area contributed by atoms with Crippen molar-refractivity contribution in [1.29, 1.82) is 0 Å². The Balaban J connectivity index is 1.48. The maximum Gasteiger partial charge on any atom is 0.156 e. The number of carbonyl (C=O) groups is 1. The minimum atomic E-state index is -0.104. The van der Waals surface area contributed by atoms with E-state index in [0.29, 0.717) is 24.9 Å². The van der Waals surface area contributed by atoms with Gasteiger partial charge in [-0.2, -0.15) is 0 Å². The van der Waals surface area contributed by atoms with Gasteiger partial charge in [0.15, 0.2) is 5.78 Å². The number of hydrogen-bond donors (Lipinski definition) is 0. The quantitative estimate of drug-likeness (QED) is 0.666. The zero-order chi connectivity index (χ0) is 20.7. The first-order valence-corrected chi connectivity index (χ1v) is 11.5. The van der Waals surface area contributed by atoms with Crippen molar-refractivity contribution in [1.82, 2.24) is 0 Å². The minimum absolute atomic E-state index is 0.00421. The number of ketones is 1. The fraction of sp³-hybridized carbons (Fsp3) is 0.577. The van der Waals surface area contributed by atoms with Crippen LogP contribution in [0, 0.1) is 11.8 Å². The van der Waals surface area contributed by atoms with Gasteiger partial charge in [-0.25, -0.2) is 0 Å². The molecule has 5 aliphatic rings. The monoisotopic (exact) mass is 405 g/mol. The summed E-state index contributed by atoms with van der Waals surface area (Å²) in [5, 5.41) is 0. The largest absolute Gasteiger partial charge is 0.378 e. The van der Waals surface area contributed by atoms with Crippen LogP contribution in [0.2, 0.25) is 0 Å². The van der Waals surface area contributed by atoms with Crippen molar-refractivity contribution in [2.75, 3.05) is 25.6 Å². The fourth-order valence-electron chi connectivity index (χ4n) is 6.88. The molecule has 1 aromatic carbocycles. The molecule has 6 rings (SSSR count). The maximum atomic E-state index is 12.1. The molecule has 0 bridgehead atoms. The Hall–Kier alpha value is -1.91. The van der Waals surface area contributed by atoms with Crippen molar-refractivity contribution in [3.8, 4) is 0 Å². The number of ether oxygens (including phenoxy) is 2. The first-order valence-electron chi connectivity index (χ1n) is 11.5. The van der Waals surface area contributed by atoms with E-state index in [4.69, 9.17) is 9.47 Å². The van der Waals surface area contributed by atoms with Crippen LogP contribution in [0.25, 0.3) is 0 Å². The van der Waals surface area contributed by atoms with Gasteiger partial charge in [-0.1, -0.05) is 12.1 Å². The first-order chi connectivity index (χ1) is 14.4. The Bertz CT molecular complexity index is 974. The molecule has 1 aromatic rings. The van der Waals surface area contributed by atoms with Crippen LogP contribution in [0.4, 0.5) is 5.69 Å². The number of hydrogen-bond acceptors (Lipinski definition) is 4. The number of anilines is 1. The molecule has 30 heavy (non-hydrogen) atoms. The second-order valence-corrected chi connectivity index (χ2v) is 10.3. The lowest BCUT2D eigenvalue weighted by Crippen LogP contribution is -2.34. The molecule has 3 fully saturated rings. The van der Waals surface area contributed by atoms with Crippen LogP contribution in [0.3, 0.4) is 0 Å². The lowest BCUT2D eigenvalue weighted by atomic mass is 9.66. The Morgan fingerprint density at radius 2 is 1.87 bits per heavy atom. The highest BCUT2D eigenvalue weighted by atomic mass is 16.7. The number of epoxide rings is 1.